The maximum absolute atomic E-state index is 12.6. The lowest BCUT2D eigenvalue weighted by Gasteiger charge is -2.11. The lowest BCUT2D eigenvalue weighted by atomic mass is 10.3. The van der Waals surface area contributed by atoms with Crippen LogP contribution in [0, 0.1) is 19.7 Å². The minimum absolute atomic E-state index is 0.0217. The van der Waals surface area contributed by atoms with Crippen molar-refractivity contribution in [3.63, 3.8) is 0 Å². The Hall–Kier alpha value is -0.910. The zero-order chi connectivity index (χ0) is 30.7. The van der Waals surface area contributed by atoms with Crippen molar-refractivity contribution >= 4 is 102 Å². The summed E-state index contributed by atoms with van der Waals surface area (Å²) in [5.41, 5.74) is 2.24. The fourth-order valence-electron chi connectivity index (χ4n) is 2.95. The Morgan fingerprint density at radius 3 is 1.83 bits per heavy atom. The lowest BCUT2D eigenvalue weighted by molar-refractivity contribution is 0.461. The van der Waals surface area contributed by atoms with E-state index in [1.54, 1.807) is 54.1 Å². The molecule has 13 heteroatoms. The van der Waals surface area contributed by atoms with Gasteiger partial charge >= 0.3 is 0 Å². The first-order chi connectivity index (χ1) is 19.4. The van der Waals surface area contributed by atoms with E-state index >= 15 is 0 Å². The summed E-state index contributed by atoms with van der Waals surface area (Å²) in [7, 11) is 0. The van der Waals surface area contributed by atoms with E-state index in [-0.39, 0.29) is 15.6 Å². The van der Waals surface area contributed by atoms with Gasteiger partial charge in [-0.3, -0.25) is 4.79 Å². The Kier molecular flexibility index (Phi) is 16.0. The molecule has 0 spiro atoms. The van der Waals surface area contributed by atoms with Crippen LogP contribution in [0.5, 0.6) is 11.6 Å². The summed E-state index contributed by atoms with van der Waals surface area (Å²) in [5.74, 6) is 2.32. The molecule has 1 N–H and O–H groups in total. The quantitative estimate of drug-likeness (QED) is 0.119. The molecule has 0 aliphatic rings. The highest BCUT2D eigenvalue weighted by atomic mass is 79.9. The predicted octanol–water partition coefficient (Wildman–Crippen LogP) is 12.1. The first-order valence-electron chi connectivity index (χ1n) is 11.9. The number of rotatable bonds is 6. The summed E-state index contributed by atoms with van der Waals surface area (Å²) in [6, 6.07) is 9.91. The number of halogens is 7. The van der Waals surface area contributed by atoms with Crippen LogP contribution in [0.4, 0.5) is 4.39 Å². The molecule has 220 valence electrons. The number of aryl methyl sites for hydroxylation is 2. The van der Waals surface area contributed by atoms with Gasteiger partial charge in [-0.1, -0.05) is 92.1 Å². The van der Waals surface area contributed by atoms with E-state index in [4.69, 9.17) is 51.1 Å². The Bertz CT molecular complexity index is 1500. The third-order valence-corrected chi connectivity index (χ3v) is 8.93. The molecule has 2 aromatic carbocycles. The summed E-state index contributed by atoms with van der Waals surface area (Å²) in [6.45, 7) is 8.20. The van der Waals surface area contributed by atoms with Gasteiger partial charge in [0.1, 0.15) is 0 Å². The van der Waals surface area contributed by atoms with Gasteiger partial charge < -0.3 is 9.72 Å². The van der Waals surface area contributed by atoms with Crippen molar-refractivity contribution < 1.29 is 9.13 Å². The minimum atomic E-state index is -0.577. The molecule has 0 saturated carbocycles. The van der Waals surface area contributed by atoms with E-state index in [2.05, 4.69) is 55.7 Å². The van der Waals surface area contributed by atoms with Crippen molar-refractivity contribution in [3.05, 3.63) is 105 Å². The number of hydrogen-bond acceptors (Lipinski definition) is 5. The number of nitrogens with zero attached hydrogens (tertiary/aromatic N) is 1. The van der Waals surface area contributed by atoms with Crippen molar-refractivity contribution in [2.75, 3.05) is 11.5 Å². The number of benzene rings is 2. The Labute approximate surface area is 284 Å². The normalized spacial score (nSPS) is 10.3. The van der Waals surface area contributed by atoms with E-state index in [0.717, 1.165) is 36.9 Å². The largest absolute Gasteiger partial charge is 0.436 e. The second kappa shape index (κ2) is 18.0. The molecule has 0 aliphatic heterocycles. The zero-order valence-corrected chi connectivity index (χ0v) is 30.1. The molecule has 0 aliphatic carbocycles. The number of aromatic nitrogens is 2. The van der Waals surface area contributed by atoms with Crippen molar-refractivity contribution in [3.8, 4) is 11.6 Å². The Morgan fingerprint density at radius 2 is 1.32 bits per heavy atom. The van der Waals surface area contributed by atoms with E-state index in [1.165, 1.54) is 12.1 Å². The molecule has 0 amide bonds. The molecule has 4 nitrogen and oxygen atoms in total. The molecular formula is C28H25Br2Cl4FN2O2S2. The van der Waals surface area contributed by atoms with Crippen molar-refractivity contribution in [2.45, 2.75) is 37.5 Å². The van der Waals surface area contributed by atoms with Gasteiger partial charge in [-0.05, 0) is 60.7 Å². The number of nitrogens with one attached hydrogen (secondary N) is 1. The summed E-state index contributed by atoms with van der Waals surface area (Å²) < 4.78 is 19.8. The topological polar surface area (TPSA) is 55.0 Å². The van der Waals surface area contributed by atoms with Gasteiger partial charge in [0.25, 0.3) is 0 Å². The summed E-state index contributed by atoms with van der Waals surface area (Å²) in [6.07, 6.45) is 3.54. The molecule has 0 atom stereocenters. The van der Waals surface area contributed by atoms with Crippen LogP contribution in [-0.2, 0) is 0 Å². The number of thioether (sulfide) groups is 2. The Morgan fingerprint density at radius 1 is 0.829 bits per heavy atom. The maximum Gasteiger partial charge on any atom is 0.249 e. The average molecular weight is 806 g/mol. The fraction of sp³-hybridized carbons (Fsp3) is 0.214. The molecule has 0 bridgehead atoms. The van der Waals surface area contributed by atoms with Crippen LogP contribution >= 0.6 is 102 Å². The molecule has 2 heterocycles. The van der Waals surface area contributed by atoms with Crippen LogP contribution in [-0.4, -0.2) is 21.5 Å². The smallest absolute Gasteiger partial charge is 0.249 e. The second-order valence-electron chi connectivity index (χ2n) is 7.98. The molecule has 4 aromatic rings. The highest BCUT2D eigenvalue weighted by Gasteiger charge is 2.12. The average Bonchev–Trinajstić information content (AvgIpc) is 2.90. The summed E-state index contributed by atoms with van der Waals surface area (Å²) in [5, 5.41) is 0.937. The van der Waals surface area contributed by atoms with Gasteiger partial charge in [-0.25, -0.2) is 9.37 Å². The van der Waals surface area contributed by atoms with E-state index in [1.807, 2.05) is 19.9 Å². The molecular weight excluding hydrogens is 781 g/mol. The molecule has 0 unspecified atom stereocenters. The fourth-order valence-corrected chi connectivity index (χ4v) is 7.00. The van der Waals surface area contributed by atoms with E-state index in [9.17, 15) is 9.18 Å². The Balaban J connectivity index is 0.000000236. The van der Waals surface area contributed by atoms with E-state index < -0.39 is 5.82 Å². The van der Waals surface area contributed by atoms with Gasteiger partial charge in [0.2, 0.25) is 11.4 Å². The number of aromatic amines is 1. The van der Waals surface area contributed by atoms with Crippen molar-refractivity contribution in [1.29, 1.82) is 0 Å². The van der Waals surface area contributed by atoms with Gasteiger partial charge in [-0.2, -0.15) is 0 Å². The molecule has 0 saturated heterocycles. The van der Waals surface area contributed by atoms with Crippen molar-refractivity contribution in [1.82, 2.24) is 9.97 Å². The SMILES string of the molecule is CCSc1cc(=O)[nH]cc1C.CCSc1cc(Oc2c(Cl)cc(Br)cc2Cl)ncc1C.Fc1c(Cl)cc(Br)cc1Cl. The number of H-pyrrole nitrogens is 1. The third-order valence-electron chi connectivity index (χ3n) is 4.83. The van der Waals surface area contributed by atoms with Crippen LogP contribution in [0.2, 0.25) is 20.1 Å². The maximum atomic E-state index is 12.6. The van der Waals surface area contributed by atoms with Crippen LogP contribution in [0.1, 0.15) is 25.0 Å². The standard InChI is InChI=1S/C14H12BrCl2NOS.C8H11NOS.C6H2BrCl2F/c1-3-20-12-6-13(18-7-8(12)2)19-14-10(16)4-9(15)5-11(14)17;1-3-11-7-4-8(10)9-5-6(7)2;7-3-1-4(8)6(10)5(9)2-3/h4-7H,3H2,1-2H3;4-5H,3H2,1-2H3,(H,9,10);1-2H. The molecule has 4 rings (SSSR count). The highest BCUT2D eigenvalue weighted by Crippen LogP contribution is 2.39. The third kappa shape index (κ3) is 11.9. The van der Waals surface area contributed by atoms with E-state index in [0.29, 0.717) is 26.1 Å². The minimum Gasteiger partial charge on any atom is -0.436 e. The van der Waals surface area contributed by atoms with Gasteiger partial charge in [-0.15, -0.1) is 23.5 Å². The van der Waals surface area contributed by atoms with Gasteiger partial charge in [0.05, 0.1) is 20.1 Å². The summed E-state index contributed by atoms with van der Waals surface area (Å²) in [4.78, 5) is 20.0. The molecule has 41 heavy (non-hydrogen) atoms. The van der Waals surface area contributed by atoms with Crippen LogP contribution in [0.25, 0.3) is 0 Å². The van der Waals surface area contributed by atoms with Crippen LogP contribution < -0.4 is 10.3 Å². The predicted molar refractivity (Wildman–Crippen MR) is 182 cm³/mol. The number of hydrogen-bond donors (Lipinski definition) is 1. The van der Waals surface area contributed by atoms with Crippen LogP contribution in [0.15, 0.2) is 72.3 Å². The lowest BCUT2D eigenvalue weighted by Crippen LogP contribution is -2.03. The number of ether oxygens (including phenoxy) is 1. The first kappa shape index (κ1) is 36.3. The first-order valence-corrected chi connectivity index (χ1v) is 17.0. The molecule has 0 fully saturated rings. The zero-order valence-electron chi connectivity index (χ0n) is 22.3. The summed E-state index contributed by atoms with van der Waals surface area (Å²) >= 11 is 33.0. The molecule has 0 radical (unpaired) electrons. The second-order valence-corrected chi connectivity index (χ2v) is 14.1. The molecule has 2 aromatic heterocycles. The van der Waals surface area contributed by atoms with Crippen LogP contribution in [0.3, 0.4) is 0 Å². The van der Waals surface area contributed by atoms with Crippen molar-refractivity contribution in [2.24, 2.45) is 0 Å². The van der Waals surface area contributed by atoms with Gasteiger partial charge in [0, 0.05) is 43.3 Å². The highest BCUT2D eigenvalue weighted by molar-refractivity contribution is 9.10. The number of pyridine rings is 2. The van der Waals surface area contributed by atoms with Gasteiger partial charge in [0.15, 0.2) is 11.6 Å². The monoisotopic (exact) mass is 802 g/mol.